The second-order valence-corrected chi connectivity index (χ2v) is 4.41. The van der Waals surface area contributed by atoms with Crippen LogP contribution in [-0.2, 0) is 0 Å². The minimum atomic E-state index is -0.857. The summed E-state index contributed by atoms with van der Waals surface area (Å²) in [5.74, 6) is -0.676. The topological polar surface area (TPSA) is 35.2 Å². The standard InChI is InChI=1S/C14H12ClF2NO/c1-19-12-6-5-8(16)7-10(12)14(18)9-3-2-4-11(15)13(9)17/h2-7,14H,18H2,1H3. The van der Waals surface area contributed by atoms with Crippen LogP contribution in [0.2, 0.25) is 5.02 Å². The lowest BCUT2D eigenvalue weighted by molar-refractivity contribution is 0.406. The molecule has 1 atom stereocenters. The predicted molar refractivity (Wildman–Crippen MR) is 70.4 cm³/mol. The van der Waals surface area contributed by atoms with E-state index in [0.29, 0.717) is 11.3 Å². The molecule has 2 aromatic rings. The Kier molecular flexibility index (Phi) is 4.02. The van der Waals surface area contributed by atoms with Crippen LogP contribution in [0.1, 0.15) is 17.2 Å². The Morgan fingerprint density at radius 1 is 1.16 bits per heavy atom. The van der Waals surface area contributed by atoms with Gasteiger partial charge in [0.05, 0.1) is 18.2 Å². The summed E-state index contributed by atoms with van der Waals surface area (Å²) in [6.45, 7) is 0. The Bertz CT molecular complexity index is 604. The van der Waals surface area contributed by atoms with E-state index in [9.17, 15) is 8.78 Å². The number of ether oxygens (including phenoxy) is 1. The number of benzene rings is 2. The highest BCUT2D eigenvalue weighted by atomic mass is 35.5. The van der Waals surface area contributed by atoms with E-state index < -0.39 is 17.7 Å². The Balaban J connectivity index is 2.52. The summed E-state index contributed by atoms with van der Waals surface area (Å²) in [6, 6.07) is 7.60. The summed E-state index contributed by atoms with van der Waals surface area (Å²) in [5.41, 5.74) is 6.54. The van der Waals surface area contributed by atoms with Crippen LogP contribution in [0, 0.1) is 11.6 Å². The molecule has 19 heavy (non-hydrogen) atoms. The molecular weight excluding hydrogens is 272 g/mol. The molecule has 0 aliphatic heterocycles. The van der Waals surface area contributed by atoms with Crippen molar-refractivity contribution in [3.63, 3.8) is 0 Å². The Hall–Kier alpha value is -1.65. The molecular formula is C14H12ClF2NO. The van der Waals surface area contributed by atoms with Crippen molar-refractivity contribution >= 4 is 11.6 Å². The highest BCUT2D eigenvalue weighted by Gasteiger charge is 2.19. The maximum Gasteiger partial charge on any atom is 0.146 e. The summed E-state index contributed by atoms with van der Waals surface area (Å²) in [6.07, 6.45) is 0. The van der Waals surface area contributed by atoms with E-state index in [1.807, 2.05) is 0 Å². The lowest BCUT2D eigenvalue weighted by atomic mass is 9.98. The molecule has 5 heteroatoms. The van der Waals surface area contributed by atoms with E-state index in [4.69, 9.17) is 22.1 Å². The van der Waals surface area contributed by atoms with Crippen molar-refractivity contribution in [2.24, 2.45) is 5.73 Å². The molecule has 0 fully saturated rings. The zero-order valence-corrected chi connectivity index (χ0v) is 10.9. The first kappa shape index (κ1) is 13.8. The van der Waals surface area contributed by atoms with Gasteiger partial charge in [-0.05, 0) is 24.3 Å². The molecule has 2 aromatic carbocycles. The van der Waals surface area contributed by atoms with Gasteiger partial charge in [0.1, 0.15) is 17.4 Å². The van der Waals surface area contributed by atoms with Crippen molar-refractivity contribution in [1.82, 2.24) is 0 Å². The van der Waals surface area contributed by atoms with Gasteiger partial charge in [0.25, 0.3) is 0 Å². The first-order valence-electron chi connectivity index (χ1n) is 5.57. The third-order valence-corrected chi connectivity index (χ3v) is 3.14. The Morgan fingerprint density at radius 2 is 1.89 bits per heavy atom. The highest BCUT2D eigenvalue weighted by molar-refractivity contribution is 6.30. The Labute approximate surface area is 114 Å². The third-order valence-electron chi connectivity index (χ3n) is 2.84. The molecule has 0 aliphatic carbocycles. The molecule has 0 amide bonds. The highest BCUT2D eigenvalue weighted by Crippen LogP contribution is 2.32. The first-order valence-corrected chi connectivity index (χ1v) is 5.95. The molecule has 2 nitrogen and oxygen atoms in total. The molecule has 100 valence electrons. The fourth-order valence-electron chi connectivity index (χ4n) is 1.88. The van der Waals surface area contributed by atoms with Crippen LogP contribution in [0.5, 0.6) is 5.75 Å². The smallest absolute Gasteiger partial charge is 0.146 e. The van der Waals surface area contributed by atoms with Crippen molar-refractivity contribution in [1.29, 1.82) is 0 Å². The average molecular weight is 284 g/mol. The first-order chi connectivity index (χ1) is 9.04. The number of hydrogen-bond acceptors (Lipinski definition) is 2. The monoisotopic (exact) mass is 283 g/mol. The van der Waals surface area contributed by atoms with Crippen molar-refractivity contribution in [3.05, 3.63) is 64.2 Å². The number of hydrogen-bond donors (Lipinski definition) is 1. The molecule has 0 spiro atoms. The molecule has 2 rings (SSSR count). The fraction of sp³-hybridized carbons (Fsp3) is 0.143. The van der Waals surface area contributed by atoms with Crippen LogP contribution in [0.15, 0.2) is 36.4 Å². The van der Waals surface area contributed by atoms with Gasteiger partial charge >= 0.3 is 0 Å². The summed E-state index contributed by atoms with van der Waals surface area (Å²) in [7, 11) is 1.44. The minimum Gasteiger partial charge on any atom is -0.496 e. The zero-order chi connectivity index (χ0) is 14.0. The van der Waals surface area contributed by atoms with E-state index in [1.165, 1.54) is 37.4 Å². The SMILES string of the molecule is COc1ccc(F)cc1C(N)c1cccc(Cl)c1F. The van der Waals surface area contributed by atoms with Gasteiger partial charge in [-0.2, -0.15) is 0 Å². The van der Waals surface area contributed by atoms with Gasteiger partial charge < -0.3 is 10.5 Å². The van der Waals surface area contributed by atoms with Gasteiger partial charge in [-0.1, -0.05) is 23.7 Å². The number of rotatable bonds is 3. The van der Waals surface area contributed by atoms with Gasteiger partial charge in [-0.3, -0.25) is 0 Å². The van der Waals surface area contributed by atoms with E-state index in [2.05, 4.69) is 0 Å². The molecule has 0 bridgehead atoms. The fourth-order valence-corrected chi connectivity index (χ4v) is 2.06. The van der Waals surface area contributed by atoms with E-state index in [1.54, 1.807) is 6.07 Å². The zero-order valence-electron chi connectivity index (χ0n) is 10.2. The molecule has 2 N–H and O–H groups in total. The average Bonchev–Trinajstić information content (AvgIpc) is 2.41. The lowest BCUT2D eigenvalue weighted by Crippen LogP contribution is -2.15. The second-order valence-electron chi connectivity index (χ2n) is 4.01. The Morgan fingerprint density at radius 3 is 2.58 bits per heavy atom. The van der Waals surface area contributed by atoms with Crippen molar-refractivity contribution < 1.29 is 13.5 Å². The summed E-state index contributed by atoms with van der Waals surface area (Å²) in [5, 5.41) is -0.0247. The van der Waals surface area contributed by atoms with E-state index in [-0.39, 0.29) is 10.6 Å². The van der Waals surface area contributed by atoms with Crippen molar-refractivity contribution in [2.45, 2.75) is 6.04 Å². The normalized spacial score (nSPS) is 12.3. The van der Waals surface area contributed by atoms with Gasteiger partial charge in [0.15, 0.2) is 0 Å². The van der Waals surface area contributed by atoms with Crippen molar-refractivity contribution in [3.8, 4) is 5.75 Å². The quantitative estimate of drug-likeness (QED) is 0.933. The molecule has 0 radical (unpaired) electrons. The maximum atomic E-state index is 13.9. The summed E-state index contributed by atoms with van der Waals surface area (Å²) < 4.78 is 32.3. The minimum absolute atomic E-state index is 0.0247. The van der Waals surface area contributed by atoms with Crippen LogP contribution < -0.4 is 10.5 Å². The molecule has 0 aromatic heterocycles. The molecule has 0 saturated carbocycles. The van der Waals surface area contributed by atoms with E-state index >= 15 is 0 Å². The molecule has 1 unspecified atom stereocenters. The third kappa shape index (κ3) is 2.69. The number of nitrogens with two attached hydrogens (primary N) is 1. The predicted octanol–water partition coefficient (Wildman–Crippen LogP) is 3.67. The van der Waals surface area contributed by atoms with Crippen molar-refractivity contribution in [2.75, 3.05) is 7.11 Å². The van der Waals surface area contributed by atoms with Gasteiger partial charge in [0.2, 0.25) is 0 Å². The molecule has 0 heterocycles. The number of halogens is 3. The lowest BCUT2D eigenvalue weighted by Gasteiger charge is -2.17. The van der Waals surface area contributed by atoms with Gasteiger partial charge in [-0.25, -0.2) is 8.78 Å². The molecule has 0 aliphatic rings. The maximum absolute atomic E-state index is 13.9. The van der Waals surface area contributed by atoms with Gasteiger partial charge in [-0.15, -0.1) is 0 Å². The second kappa shape index (κ2) is 5.55. The van der Waals surface area contributed by atoms with E-state index in [0.717, 1.165) is 0 Å². The van der Waals surface area contributed by atoms with Crippen LogP contribution >= 0.6 is 11.6 Å². The summed E-state index contributed by atoms with van der Waals surface area (Å²) >= 11 is 5.71. The summed E-state index contributed by atoms with van der Waals surface area (Å²) in [4.78, 5) is 0. The number of methoxy groups -OCH3 is 1. The van der Waals surface area contributed by atoms with Crippen LogP contribution in [0.3, 0.4) is 0 Å². The van der Waals surface area contributed by atoms with Gasteiger partial charge in [0, 0.05) is 11.1 Å². The van der Waals surface area contributed by atoms with Crippen LogP contribution in [-0.4, -0.2) is 7.11 Å². The van der Waals surface area contributed by atoms with Crippen LogP contribution in [0.25, 0.3) is 0 Å². The largest absolute Gasteiger partial charge is 0.496 e. The van der Waals surface area contributed by atoms with Crippen LogP contribution in [0.4, 0.5) is 8.78 Å². The molecule has 0 saturated heterocycles.